The maximum absolute atomic E-state index is 12.0. The van der Waals surface area contributed by atoms with E-state index in [2.05, 4.69) is 11.9 Å². The van der Waals surface area contributed by atoms with E-state index in [-0.39, 0.29) is 5.56 Å². The summed E-state index contributed by atoms with van der Waals surface area (Å²) in [5.74, 6) is 2.21. The average Bonchev–Trinajstić information content (AvgIpc) is 2.77. The third kappa shape index (κ3) is 2.03. The molecule has 1 aromatic rings. The summed E-state index contributed by atoms with van der Waals surface area (Å²) < 4.78 is 0. The molecule has 1 N–H and O–H groups in total. The van der Waals surface area contributed by atoms with E-state index in [1.807, 2.05) is 0 Å². The van der Waals surface area contributed by atoms with Gasteiger partial charge in [0.2, 0.25) is 0 Å². The average molecular weight is 232 g/mol. The molecule has 1 heterocycles. The Morgan fingerprint density at radius 1 is 1.24 bits per heavy atom. The van der Waals surface area contributed by atoms with Crippen molar-refractivity contribution in [3.63, 3.8) is 0 Å². The van der Waals surface area contributed by atoms with E-state index in [1.54, 1.807) is 0 Å². The predicted molar refractivity (Wildman–Crippen MR) is 67.3 cm³/mol. The Hall–Kier alpha value is -1.12. The normalized spacial score (nSPS) is 28.1. The van der Waals surface area contributed by atoms with Crippen molar-refractivity contribution >= 4 is 0 Å². The van der Waals surface area contributed by atoms with Crippen LogP contribution in [0.2, 0.25) is 0 Å². The van der Waals surface area contributed by atoms with Gasteiger partial charge in [-0.25, -0.2) is 4.98 Å². The van der Waals surface area contributed by atoms with Gasteiger partial charge in [-0.15, -0.1) is 0 Å². The molecule has 17 heavy (non-hydrogen) atoms. The summed E-state index contributed by atoms with van der Waals surface area (Å²) in [4.78, 5) is 19.7. The topological polar surface area (TPSA) is 45.8 Å². The fourth-order valence-corrected chi connectivity index (χ4v) is 3.34. The summed E-state index contributed by atoms with van der Waals surface area (Å²) in [6.07, 6.45) is 7.97. The number of H-pyrrole nitrogens is 1. The molecule has 1 aromatic heterocycles. The molecule has 1 fully saturated rings. The molecule has 2 atom stereocenters. The van der Waals surface area contributed by atoms with Crippen LogP contribution in [0.4, 0.5) is 0 Å². The van der Waals surface area contributed by atoms with Crippen molar-refractivity contribution in [2.45, 2.75) is 57.8 Å². The Bertz CT molecular complexity index is 478. The summed E-state index contributed by atoms with van der Waals surface area (Å²) in [6, 6.07) is 0. The van der Waals surface area contributed by atoms with E-state index >= 15 is 0 Å². The van der Waals surface area contributed by atoms with E-state index in [0.717, 1.165) is 42.3 Å². The summed E-state index contributed by atoms with van der Waals surface area (Å²) in [5, 5.41) is 0. The highest BCUT2D eigenvalue weighted by atomic mass is 16.1. The number of rotatable bonds is 1. The zero-order chi connectivity index (χ0) is 11.8. The highest BCUT2D eigenvalue weighted by molar-refractivity contribution is 5.23. The van der Waals surface area contributed by atoms with Gasteiger partial charge in [0.15, 0.2) is 0 Å². The lowest BCUT2D eigenvalue weighted by Gasteiger charge is -2.26. The highest BCUT2D eigenvalue weighted by Gasteiger charge is 2.24. The van der Waals surface area contributed by atoms with E-state index in [1.165, 1.54) is 25.7 Å². The smallest absolute Gasteiger partial charge is 0.254 e. The zero-order valence-corrected chi connectivity index (χ0v) is 10.5. The number of nitrogens with one attached hydrogen (secondary N) is 1. The molecule has 1 saturated carbocycles. The Labute approximate surface area is 102 Å². The molecular weight excluding hydrogens is 212 g/mol. The van der Waals surface area contributed by atoms with Crippen LogP contribution in [0.15, 0.2) is 4.79 Å². The third-order valence-electron chi connectivity index (χ3n) is 4.28. The number of aromatic amines is 1. The first-order valence-electron chi connectivity index (χ1n) is 6.86. The molecule has 0 radical (unpaired) electrons. The number of aromatic nitrogens is 2. The molecule has 2 aliphatic rings. The van der Waals surface area contributed by atoms with Crippen molar-refractivity contribution in [3.8, 4) is 0 Å². The molecule has 0 spiro atoms. The Morgan fingerprint density at radius 3 is 2.94 bits per heavy atom. The molecule has 0 amide bonds. The minimum Gasteiger partial charge on any atom is -0.310 e. The van der Waals surface area contributed by atoms with Crippen molar-refractivity contribution in [1.29, 1.82) is 0 Å². The van der Waals surface area contributed by atoms with Gasteiger partial charge in [0.1, 0.15) is 5.82 Å². The third-order valence-corrected chi connectivity index (χ3v) is 4.28. The number of hydrogen-bond donors (Lipinski definition) is 1. The zero-order valence-electron chi connectivity index (χ0n) is 10.5. The van der Waals surface area contributed by atoms with E-state index in [0.29, 0.717) is 5.92 Å². The summed E-state index contributed by atoms with van der Waals surface area (Å²) in [6.45, 7) is 2.30. The fourth-order valence-electron chi connectivity index (χ4n) is 3.34. The molecular formula is C14H20N2O. The summed E-state index contributed by atoms with van der Waals surface area (Å²) >= 11 is 0. The van der Waals surface area contributed by atoms with Crippen LogP contribution in [-0.4, -0.2) is 9.97 Å². The number of hydrogen-bond acceptors (Lipinski definition) is 2. The van der Waals surface area contributed by atoms with Crippen LogP contribution in [0.3, 0.4) is 0 Å². The molecule has 92 valence electrons. The molecule has 3 nitrogen and oxygen atoms in total. The van der Waals surface area contributed by atoms with Crippen LogP contribution in [0.25, 0.3) is 0 Å². The maximum Gasteiger partial charge on any atom is 0.254 e. The van der Waals surface area contributed by atoms with Gasteiger partial charge in [0, 0.05) is 11.5 Å². The van der Waals surface area contributed by atoms with Crippen LogP contribution in [0.1, 0.15) is 62.0 Å². The minimum atomic E-state index is 0.126. The van der Waals surface area contributed by atoms with Crippen molar-refractivity contribution in [1.82, 2.24) is 9.97 Å². The lowest BCUT2D eigenvalue weighted by atomic mass is 9.82. The summed E-state index contributed by atoms with van der Waals surface area (Å²) in [7, 11) is 0. The van der Waals surface area contributed by atoms with Gasteiger partial charge >= 0.3 is 0 Å². The van der Waals surface area contributed by atoms with Gasteiger partial charge in [-0.05, 0) is 38.0 Å². The van der Waals surface area contributed by atoms with Crippen LogP contribution >= 0.6 is 0 Å². The Balaban J connectivity index is 1.93. The molecule has 3 rings (SSSR count). The van der Waals surface area contributed by atoms with Crippen molar-refractivity contribution in [2.75, 3.05) is 0 Å². The van der Waals surface area contributed by atoms with Gasteiger partial charge in [-0.1, -0.05) is 19.8 Å². The van der Waals surface area contributed by atoms with Crippen molar-refractivity contribution < 1.29 is 0 Å². The molecule has 2 unspecified atom stereocenters. The van der Waals surface area contributed by atoms with E-state index < -0.39 is 0 Å². The first-order valence-corrected chi connectivity index (χ1v) is 6.86. The predicted octanol–water partition coefficient (Wildman–Crippen LogP) is 2.55. The summed E-state index contributed by atoms with van der Waals surface area (Å²) in [5.41, 5.74) is 2.14. The van der Waals surface area contributed by atoms with Crippen molar-refractivity contribution in [3.05, 3.63) is 27.4 Å². The molecule has 0 saturated heterocycles. The highest BCUT2D eigenvalue weighted by Crippen LogP contribution is 2.34. The van der Waals surface area contributed by atoms with Crippen molar-refractivity contribution in [2.24, 2.45) is 5.92 Å². The maximum atomic E-state index is 12.0. The monoisotopic (exact) mass is 232 g/mol. The Kier molecular flexibility index (Phi) is 2.77. The first-order chi connectivity index (χ1) is 8.24. The van der Waals surface area contributed by atoms with Gasteiger partial charge in [-0.3, -0.25) is 4.79 Å². The van der Waals surface area contributed by atoms with Gasteiger partial charge < -0.3 is 4.98 Å². The second-order valence-corrected chi connectivity index (χ2v) is 5.70. The fraction of sp³-hybridized carbons (Fsp3) is 0.714. The van der Waals surface area contributed by atoms with Gasteiger partial charge in [0.25, 0.3) is 5.56 Å². The molecule has 2 aliphatic carbocycles. The second kappa shape index (κ2) is 4.28. The lowest BCUT2D eigenvalue weighted by molar-refractivity contribution is 0.334. The number of nitrogens with zero attached hydrogens (tertiary/aromatic N) is 1. The number of aryl methyl sites for hydroxylation is 1. The second-order valence-electron chi connectivity index (χ2n) is 5.70. The van der Waals surface area contributed by atoms with E-state index in [4.69, 9.17) is 4.98 Å². The van der Waals surface area contributed by atoms with E-state index in [9.17, 15) is 4.79 Å². The van der Waals surface area contributed by atoms with Crippen LogP contribution in [0.5, 0.6) is 0 Å². The lowest BCUT2D eigenvalue weighted by Crippen LogP contribution is -2.21. The van der Waals surface area contributed by atoms with Gasteiger partial charge in [0.05, 0.1) is 5.69 Å². The minimum absolute atomic E-state index is 0.126. The molecule has 0 aromatic carbocycles. The molecule has 0 aliphatic heterocycles. The number of fused-ring (bicyclic) bond motifs is 1. The largest absolute Gasteiger partial charge is 0.310 e. The molecule has 0 bridgehead atoms. The SMILES string of the molecule is CC1CCCC(c2nc3c(c(=O)[nH]2)CCC3)C1. The first kappa shape index (κ1) is 11.0. The standard InChI is InChI=1S/C14H20N2O/c1-9-4-2-5-10(8-9)13-15-12-7-3-6-11(12)14(17)16-13/h9-10H,2-8H2,1H3,(H,15,16,17). The van der Waals surface area contributed by atoms with Crippen LogP contribution in [0, 0.1) is 5.92 Å². The Morgan fingerprint density at radius 2 is 2.12 bits per heavy atom. The molecule has 3 heteroatoms. The van der Waals surface area contributed by atoms with Gasteiger partial charge in [-0.2, -0.15) is 0 Å². The van der Waals surface area contributed by atoms with Crippen LogP contribution < -0.4 is 5.56 Å². The van der Waals surface area contributed by atoms with Crippen LogP contribution in [-0.2, 0) is 12.8 Å². The quantitative estimate of drug-likeness (QED) is 0.808.